The number of carboxylic acid groups (broad SMARTS) is 1. The van der Waals surface area contributed by atoms with Crippen LogP contribution in [0.25, 0.3) is 0 Å². The van der Waals surface area contributed by atoms with Gasteiger partial charge in [-0.05, 0) is 29.6 Å². The van der Waals surface area contributed by atoms with Crippen LogP contribution in [0.1, 0.15) is 45.1 Å². The molecule has 23 heavy (non-hydrogen) atoms. The molecule has 0 aliphatic carbocycles. The number of carbonyl (C=O) groups excluding carboxylic acids is 1. The van der Waals surface area contributed by atoms with Crippen LogP contribution in [0, 0.1) is 0 Å². The van der Waals surface area contributed by atoms with Gasteiger partial charge in [0.05, 0.1) is 0 Å². The van der Waals surface area contributed by atoms with Gasteiger partial charge in [-0.3, -0.25) is 9.69 Å². The van der Waals surface area contributed by atoms with E-state index in [-0.39, 0.29) is 5.78 Å². The van der Waals surface area contributed by atoms with Gasteiger partial charge in [0.1, 0.15) is 6.04 Å². The number of Topliss-reactive ketones (excluding diaryl/α,β-unsaturated/α-hetero) is 1. The van der Waals surface area contributed by atoms with Crippen molar-refractivity contribution in [1.82, 2.24) is 4.90 Å². The molecular formula is C19H25NO3. The average Bonchev–Trinajstić information content (AvgIpc) is 2.54. The number of carbonyl (C=O) groups is 2. The van der Waals surface area contributed by atoms with Gasteiger partial charge in [-0.15, -0.1) is 0 Å². The maximum atomic E-state index is 13.0. The van der Waals surface area contributed by atoms with Crippen LogP contribution in [-0.4, -0.2) is 34.5 Å². The van der Waals surface area contributed by atoms with Crippen molar-refractivity contribution in [2.24, 2.45) is 0 Å². The number of hydrogen-bond acceptors (Lipinski definition) is 2. The summed E-state index contributed by atoms with van der Waals surface area (Å²) in [7, 11) is 0. The number of rotatable bonds is 6. The molecule has 2 rings (SSSR count). The molecule has 0 radical (unpaired) electrons. The molecule has 1 amide bonds. The molecule has 0 aromatic heterocycles. The van der Waals surface area contributed by atoms with E-state index in [0.717, 1.165) is 42.4 Å². The van der Waals surface area contributed by atoms with Gasteiger partial charge in [-0.2, -0.15) is 0 Å². The molecule has 0 fully saturated rings. The van der Waals surface area contributed by atoms with E-state index in [2.05, 4.69) is 13.8 Å². The first kappa shape index (κ1) is 17.3. The van der Waals surface area contributed by atoms with Crippen molar-refractivity contribution in [3.63, 3.8) is 0 Å². The van der Waals surface area contributed by atoms with E-state index in [1.165, 1.54) is 4.90 Å². The predicted molar refractivity (Wildman–Crippen MR) is 90.5 cm³/mol. The van der Waals surface area contributed by atoms with Crippen molar-refractivity contribution in [2.75, 3.05) is 6.54 Å². The molecule has 1 aromatic carbocycles. The molecule has 0 spiro atoms. The molecule has 1 heterocycles. The van der Waals surface area contributed by atoms with Gasteiger partial charge < -0.3 is 5.11 Å². The fraction of sp³-hybridized carbons (Fsp3) is 0.474. The van der Waals surface area contributed by atoms with Crippen LogP contribution >= 0.6 is 0 Å². The fourth-order valence-corrected chi connectivity index (χ4v) is 3.25. The van der Waals surface area contributed by atoms with E-state index in [1.807, 2.05) is 30.3 Å². The second-order valence-electron chi connectivity index (χ2n) is 6.06. The highest BCUT2D eigenvalue weighted by Crippen LogP contribution is 2.28. The topological polar surface area (TPSA) is 57.6 Å². The van der Waals surface area contributed by atoms with Crippen LogP contribution in [0.4, 0.5) is 4.79 Å². The van der Waals surface area contributed by atoms with Crippen molar-refractivity contribution >= 4 is 11.9 Å². The van der Waals surface area contributed by atoms with Gasteiger partial charge >= 0.3 is 6.09 Å². The molecule has 4 nitrogen and oxygen atoms in total. The zero-order chi connectivity index (χ0) is 16.8. The highest BCUT2D eigenvalue weighted by molar-refractivity contribution is 6.03. The number of ketones is 1. The Labute approximate surface area is 137 Å². The summed E-state index contributed by atoms with van der Waals surface area (Å²) >= 11 is 0. The number of hydrogen-bond donors (Lipinski definition) is 1. The van der Waals surface area contributed by atoms with Gasteiger partial charge in [-0.1, -0.05) is 57.0 Å². The lowest BCUT2D eigenvalue weighted by molar-refractivity contribution is -0.121. The van der Waals surface area contributed by atoms with Crippen molar-refractivity contribution in [3.8, 4) is 0 Å². The summed E-state index contributed by atoms with van der Waals surface area (Å²) in [5.41, 5.74) is 2.87. The molecule has 0 bridgehead atoms. The first-order valence-corrected chi connectivity index (χ1v) is 8.37. The highest BCUT2D eigenvalue weighted by atomic mass is 16.4. The van der Waals surface area contributed by atoms with Gasteiger partial charge in [-0.25, -0.2) is 4.79 Å². The quantitative estimate of drug-likeness (QED) is 0.861. The van der Waals surface area contributed by atoms with E-state index >= 15 is 0 Å². The summed E-state index contributed by atoms with van der Waals surface area (Å²) in [6, 6.07) is 9.04. The zero-order valence-corrected chi connectivity index (χ0v) is 13.9. The van der Waals surface area contributed by atoms with Crippen LogP contribution < -0.4 is 0 Å². The fourth-order valence-electron chi connectivity index (χ4n) is 3.25. The molecule has 0 saturated carbocycles. The Morgan fingerprint density at radius 2 is 1.83 bits per heavy atom. The summed E-state index contributed by atoms with van der Waals surface area (Å²) in [5.74, 6) is -0.00666. The molecule has 124 valence electrons. The summed E-state index contributed by atoms with van der Waals surface area (Å²) in [6.07, 6.45) is 2.80. The molecule has 1 N–H and O–H groups in total. The third kappa shape index (κ3) is 4.01. The first-order valence-electron chi connectivity index (χ1n) is 8.37. The normalized spacial score (nSPS) is 18.4. The lowest BCUT2D eigenvalue weighted by Crippen LogP contribution is -2.50. The molecule has 1 unspecified atom stereocenters. The largest absolute Gasteiger partial charge is 0.465 e. The van der Waals surface area contributed by atoms with E-state index < -0.39 is 12.1 Å². The molecule has 4 heteroatoms. The van der Waals surface area contributed by atoms with Crippen molar-refractivity contribution < 1.29 is 14.7 Å². The third-order valence-electron chi connectivity index (χ3n) is 4.33. The smallest absolute Gasteiger partial charge is 0.408 e. The van der Waals surface area contributed by atoms with E-state index in [9.17, 15) is 14.7 Å². The van der Waals surface area contributed by atoms with Crippen molar-refractivity contribution in [1.29, 1.82) is 0 Å². The summed E-state index contributed by atoms with van der Waals surface area (Å²) in [4.78, 5) is 25.9. The second kappa shape index (κ2) is 7.95. The lowest BCUT2D eigenvalue weighted by Gasteiger charge is -2.35. The lowest BCUT2D eigenvalue weighted by atomic mass is 9.85. The Hall–Kier alpha value is -2.10. The molecule has 1 aliphatic heterocycles. The third-order valence-corrected chi connectivity index (χ3v) is 4.33. The Balaban J connectivity index is 2.35. The predicted octanol–water partition coefficient (Wildman–Crippen LogP) is 4.06. The number of benzene rings is 1. The Morgan fingerprint density at radius 3 is 2.39 bits per heavy atom. The Morgan fingerprint density at radius 1 is 1.17 bits per heavy atom. The van der Waals surface area contributed by atoms with Gasteiger partial charge in [0.2, 0.25) is 0 Å². The van der Waals surface area contributed by atoms with Crippen LogP contribution in [0.15, 0.2) is 41.5 Å². The average molecular weight is 315 g/mol. The second-order valence-corrected chi connectivity index (χ2v) is 6.06. The zero-order valence-electron chi connectivity index (χ0n) is 13.9. The monoisotopic (exact) mass is 315 g/mol. The molecule has 1 atom stereocenters. The number of nitrogens with zero attached hydrogens (tertiary/aromatic N) is 1. The molecule has 0 saturated heterocycles. The highest BCUT2D eigenvalue weighted by Gasteiger charge is 2.37. The van der Waals surface area contributed by atoms with Crippen LogP contribution in [-0.2, 0) is 11.2 Å². The van der Waals surface area contributed by atoms with E-state index in [1.54, 1.807) is 0 Å². The summed E-state index contributed by atoms with van der Waals surface area (Å²) in [6.45, 7) is 4.48. The maximum Gasteiger partial charge on any atom is 0.408 e. The Bertz CT molecular complexity index is 592. The standard InChI is InChI=1S/C19H25NO3/c1-3-8-15-13-20(19(22)23)17(18(21)16(15)9-4-2)12-14-10-6-5-7-11-14/h5-7,10-11,17H,3-4,8-9,12-13H2,1-2H3,(H,22,23). The van der Waals surface area contributed by atoms with Gasteiger partial charge in [0, 0.05) is 13.0 Å². The van der Waals surface area contributed by atoms with Crippen LogP contribution in [0.5, 0.6) is 0 Å². The van der Waals surface area contributed by atoms with Crippen LogP contribution in [0.2, 0.25) is 0 Å². The molecule has 1 aliphatic rings. The van der Waals surface area contributed by atoms with Gasteiger partial charge in [0.25, 0.3) is 0 Å². The number of amides is 1. The molecular weight excluding hydrogens is 290 g/mol. The van der Waals surface area contributed by atoms with E-state index in [4.69, 9.17) is 0 Å². The SMILES string of the molecule is CCCC1=C(CCC)C(=O)C(Cc2ccccc2)N(C(=O)O)C1. The first-order chi connectivity index (χ1) is 11.1. The summed E-state index contributed by atoms with van der Waals surface area (Å²) < 4.78 is 0. The Kier molecular flexibility index (Phi) is 5.97. The van der Waals surface area contributed by atoms with Crippen molar-refractivity contribution in [2.45, 2.75) is 52.0 Å². The van der Waals surface area contributed by atoms with E-state index in [0.29, 0.717) is 13.0 Å². The van der Waals surface area contributed by atoms with Crippen molar-refractivity contribution in [3.05, 3.63) is 47.0 Å². The maximum absolute atomic E-state index is 13.0. The van der Waals surface area contributed by atoms with Gasteiger partial charge in [0.15, 0.2) is 5.78 Å². The van der Waals surface area contributed by atoms with Crippen LogP contribution in [0.3, 0.4) is 0 Å². The minimum Gasteiger partial charge on any atom is -0.465 e. The minimum absolute atomic E-state index is 0.00666. The molecule has 1 aromatic rings. The minimum atomic E-state index is -1.01. The summed E-state index contributed by atoms with van der Waals surface area (Å²) in [5, 5.41) is 9.56.